The molecule has 0 aliphatic heterocycles. The summed E-state index contributed by atoms with van der Waals surface area (Å²) in [4.78, 5) is 4.16. The average molecular weight is 229 g/mol. The van der Waals surface area contributed by atoms with Crippen molar-refractivity contribution in [2.24, 2.45) is 0 Å². The van der Waals surface area contributed by atoms with Crippen LogP contribution in [0.2, 0.25) is 5.15 Å². The van der Waals surface area contributed by atoms with E-state index in [4.69, 9.17) is 11.6 Å². The fraction of sp³-hybridized carbons (Fsp3) is 0.0769. The molecule has 0 spiro atoms. The normalized spacial score (nSPS) is 11.8. The molecular formula is C13H9ClN2. The van der Waals surface area contributed by atoms with E-state index in [1.807, 2.05) is 36.4 Å². The number of pyridine rings is 1. The van der Waals surface area contributed by atoms with Crippen LogP contribution in [0.3, 0.4) is 0 Å². The maximum absolute atomic E-state index is 9.19. The van der Waals surface area contributed by atoms with E-state index in [-0.39, 0.29) is 5.92 Å². The molecule has 0 aliphatic carbocycles. The van der Waals surface area contributed by atoms with E-state index in [9.17, 15) is 5.26 Å². The molecule has 0 saturated carbocycles. The first-order valence-corrected chi connectivity index (χ1v) is 5.26. The summed E-state index contributed by atoms with van der Waals surface area (Å²) in [5.41, 5.74) is 1.61. The molecule has 0 bridgehead atoms. The lowest BCUT2D eigenvalue weighted by molar-refractivity contribution is 0.966. The van der Waals surface area contributed by atoms with Crippen molar-refractivity contribution in [1.29, 1.82) is 5.26 Å². The highest BCUT2D eigenvalue weighted by Gasteiger charge is 2.14. The molecule has 0 aliphatic rings. The van der Waals surface area contributed by atoms with E-state index < -0.39 is 0 Å². The standard InChI is InChI=1S/C13H9ClN2/c14-13-8-4-7-12(16-13)11(9-15)10-5-2-1-3-6-10/h1-8,11H/t11-/m0/s1. The Morgan fingerprint density at radius 3 is 2.44 bits per heavy atom. The second kappa shape index (κ2) is 4.78. The maximum atomic E-state index is 9.19. The minimum absolute atomic E-state index is 0.361. The molecule has 0 N–H and O–H groups in total. The van der Waals surface area contributed by atoms with Crippen molar-refractivity contribution < 1.29 is 0 Å². The summed E-state index contributed by atoms with van der Waals surface area (Å²) in [6.45, 7) is 0. The first-order chi connectivity index (χ1) is 7.81. The molecule has 0 radical (unpaired) electrons. The fourth-order valence-corrected chi connectivity index (χ4v) is 1.71. The van der Waals surface area contributed by atoms with Crippen molar-refractivity contribution in [2.45, 2.75) is 5.92 Å². The van der Waals surface area contributed by atoms with E-state index in [0.717, 1.165) is 5.56 Å². The molecule has 2 aromatic rings. The zero-order valence-corrected chi connectivity index (χ0v) is 9.22. The summed E-state index contributed by atoms with van der Waals surface area (Å²) in [7, 11) is 0. The molecule has 1 heterocycles. The van der Waals surface area contributed by atoms with Gasteiger partial charge in [0.1, 0.15) is 11.1 Å². The third kappa shape index (κ3) is 2.21. The molecule has 3 heteroatoms. The van der Waals surface area contributed by atoms with Crippen molar-refractivity contribution in [3.8, 4) is 6.07 Å². The third-order valence-corrected chi connectivity index (χ3v) is 2.50. The van der Waals surface area contributed by atoms with Crippen molar-refractivity contribution in [3.63, 3.8) is 0 Å². The van der Waals surface area contributed by atoms with Gasteiger partial charge in [0.15, 0.2) is 0 Å². The number of hydrogen-bond donors (Lipinski definition) is 0. The smallest absolute Gasteiger partial charge is 0.129 e. The average Bonchev–Trinajstić information content (AvgIpc) is 2.31. The molecule has 1 aromatic carbocycles. The molecule has 1 atom stereocenters. The largest absolute Gasteiger partial charge is 0.239 e. The highest BCUT2D eigenvalue weighted by Crippen LogP contribution is 2.22. The van der Waals surface area contributed by atoms with Crippen molar-refractivity contribution in [3.05, 3.63) is 64.9 Å². The van der Waals surface area contributed by atoms with E-state index >= 15 is 0 Å². The van der Waals surface area contributed by atoms with Gasteiger partial charge in [-0.1, -0.05) is 48.0 Å². The van der Waals surface area contributed by atoms with Gasteiger partial charge in [0.2, 0.25) is 0 Å². The summed E-state index contributed by atoms with van der Waals surface area (Å²) in [6, 6.07) is 17.1. The first kappa shape index (κ1) is 10.7. The van der Waals surface area contributed by atoms with Gasteiger partial charge < -0.3 is 0 Å². The summed E-state index contributed by atoms with van der Waals surface area (Å²) < 4.78 is 0. The van der Waals surface area contributed by atoms with Crippen molar-refractivity contribution in [2.75, 3.05) is 0 Å². The maximum Gasteiger partial charge on any atom is 0.129 e. The van der Waals surface area contributed by atoms with Crippen LogP contribution in [0.25, 0.3) is 0 Å². The van der Waals surface area contributed by atoms with Gasteiger partial charge in [-0.05, 0) is 17.7 Å². The second-order valence-corrected chi connectivity index (χ2v) is 3.75. The summed E-state index contributed by atoms with van der Waals surface area (Å²) >= 11 is 5.81. The Bertz CT molecular complexity index is 517. The van der Waals surface area contributed by atoms with E-state index in [1.165, 1.54) is 0 Å². The van der Waals surface area contributed by atoms with Gasteiger partial charge in [0, 0.05) is 0 Å². The minimum atomic E-state index is -0.361. The number of benzene rings is 1. The summed E-state index contributed by atoms with van der Waals surface area (Å²) in [6.07, 6.45) is 0. The number of rotatable bonds is 2. The molecule has 16 heavy (non-hydrogen) atoms. The first-order valence-electron chi connectivity index (χ1n) is 4.88. The summed E-state index contributed by atoms with van der Waals surface area (Å²) in [5.74, 6) is -0.361. The Morgan fingerprint density at radius 1 is 1.06 bits per heavy atom. The molecule has 0 saturated heterocycles. The predicted octanol–water partition coefficient (Wildman–Crippen LogP) is 3.39. The molecular weight excluding hydrogens is 220 g/mol. The minimum Gasteiger partial charge on any atom is -0.239 e. The zero-order valence-electron chi connectivity index (χ0n) is 8.47. The van der Waals surface area contributed by atoms with Gasteiger partial charge in [0.25, 0.3) is 0 Å². The van der Waals surface area contributed by atoms with Crippen LogP contribution in [0.5, 0.6) is 0 Å². The van der Waals surface area contributed by atoms with Gasteiger partial charge in [-0.3, -0.25) is 0 Å². The lowest BCUT2D eigenvalue weighted by Gasteiger charge is -2.08. The molecule has 78 valence electrons. The highest BCUT2D eigenvalue weighted by molar-refractivity contribution is 6.29. The Kier molecular flexibility index (Phi) is 3.19. The van der Waals surface area contributed by atoms with E-state index in [0.29, 0.717) is 10.8 Å². The third-order valence-electron chi connectivity index (χ3n) is 2.29. The SMILES string of the molecule is N#C[C@@H](c1ccccc1)c1cccc(Cl)n1. The Hall–Kier alpha value is -1.85. The predicted molar refractivity (Wildman–Crippen MR) is 63.1 cm³/mol. The Morgan fingerprint density at radius 2 is 1.81 bits per heavy atom. The van der Waals surface area contributed by atoms with Crippen molar-refractivity contribution in [1.82, 2.24) is 4.98 Å². The van der Waals surface area contributed by atoms with Crippen LogP contribution < -0.4 is 0 Å². The quantitative estimate of drug-likeness (QED) is 0.739. The Balaban J connectivity index is 2.42. The number of nitriles is 1. The molecule has 2 nitrogen and oxygen atoms in total. The van der Waals surface area contributed by atoms with Crippen LogP contribution in [0, 0.1) is 11.3 Å². The topological polar surface area (TPSA) is 36.7 Å². The fourth-order valence-electron chi connectivity index (χ4n) is 1.54. The van der Waals surface area contributed by atoms with Crippen LogP contribution >= 0.6 is 11.6 Å². The van der Waals surface area contributed by atoms with Gasteiger partial charge >= 0.3 is 0 Å². The number of halogens is 1. The van der Waals surface area contributed by atoms with Crippen LogP contribution in [0.15, 0.2) is 48.5 Å². The van der Waals surface area contributed by atoms with Gasteiger partial charge in [0.05, 0.1) is 11.8 Å². The lowest BCUT2D eigenvalue weighted by Crippen LogP contribution is -2.00. The highest BCUT2D eigenvalue weighted by atomic mass is 35.5. The Labute approximate surface area is 99.1 Å². The lowest BCUT2D eigenvalue weighted by atomic mass is 9.97. The molecule has 0 amide bonds. The zero-order chi connectivity index (χ0) is 11.4. The van der Waals surface area contributed by atoms with Crippen LogP contribution in [-0.2, 0) is 0 Å². The molecule has 0 fully saturated rings. The van der Waals surface area contributed by atoms with Crippen LogP contribution in [0.1, 0.15) is 17.2 Å². The van der Waals surface area contributed by atoms with Crippen LogP contribution in [-0.4, -0.2) is 4.98 Å². The van der Waals surface area contributed by atoms with Crippen LogP contribution in [0.4, 0.5) is 0 Å². The van der Waals surface area contributed by atoms with Gasteiger partial charge in [-0.25, -0.2) is 4.98 Å². The molecule has 1 aromatic heterocycles. The van der Waals surface area contributed by atoms with Gasteiger partial charge in [-0.2, -0.15) is 5.26 Å². The number of hydrogen-bond acceptors (Lipinski definition) is 2. The number of nitrogens with zero attached hydrogens (tertiary/aromatic N) is 2. The van der Waals surface area contributed by atoms with Gasteiger partial charge in [-0.15, -0.1) is 0 Å². The van der Waals surface area contributed by atoms with E-state index in [1.54, 1.807) is 12.1 Å². The second-order valence-electron chi connectivity index (χ2n) is 3.36. The van der Waals surface area contributed by atoms with E-state index in [2.05, 4.69) is 11.1 Å². The monoisotopic (exact) mass is 228 g/mol. The molecule has 2 rings (SSSR count). The number of aromatic nitrogens is 1. The molecule has 0 unspecified atom stereocenters. The van der Waals surface area contributed by atoms with Crippen molar-refractivity contribution >= 4 is 11.6 Å². The summed E-state index contributed by atoms with van der Waals surface area (Å²) in [5, 5.41) is 9.60.